The van der Waals surface area contributed by atoms with Gasteiger partial charge < -0.3 is 5.32 Å². The molecular formula is C14H14ClN5O2. The van der Waals surface area contributed by atoms with E-state index in [0.29, 0.717) is 28.9 Å². The van der Waals surface area contributed by atoms with Crippen LogP contribution in [-0.2, 0) is 16.0 Å². The zero-order chi connectivity index (χ0) is 15.7. The molecule has 22 heavy (non-hydrogen) atoms. The minimum absolute atomic E-state index is 0.0312. The van der Waals surface area contributed by atoms with Crippen molar-refractivity contribution in [2.24, 2.45) is 0 Å². The molecule has 2 aromatic rings. The molecule has 0 unspecified atom stereocenters. The SMILES string of the molecule is CCc1nc2n(n1)[C@H](CC(=O)Nc1ccccc1Cl)C(=O)N2. The Hall–Kier alpha value is -2.41. The molecule has 0 radical (unpaired) electrons. The number of para-hydroxylation sites is 1. The largest absolute Gasteiger partial charge is 0.325 e. The van der Waals surface area contributed by atoms with Gasteiger partial charge in [-0.3, -0.25) is 14.9 Å². The number of hydrogen-bond acceptors (Lipinski definition) is 4. The maximum atomic E-state index is 12.1. The number of aromatic nitrogens is 3. The fraction of sp³-hybridized carbons (Fsp3) is 0.286. The Bertz CT molecular complexity index is 743. The fourth-order valence-electron chi connectivity index (χ4n) is 2.24. The van der Waals surface area contributed by atoms with Crippen molar-refractivity contribution in [3.8, 4) is 0 Å². The van der Waals surface area contributed by atoms with Gasteiger partial charge in [0.05, 0.1) is 17.1 Å². The summed E-state index contributed by atoms with van der Waals surface area (Å²) in [6.45, 7) is 1.92. The Balaban J connectivity index is 1.73. The third-order valence-electron chi connectivity index (χ3n) is 3.35. The number of nitrogens with one attached hydrogen (secondary N) is 2. The number of rotatable bonds is 4. The highest BCUT2D eigenvalue weighted by Gasteiger charge is 2.34. The van der Waals surface area contributed by atoms with Crippen molar-refractivity contribution >= 4 is 35.1 Å². The van der Waals surface area contributed by atoms with Crippen LogP contribution in [0.5, 0.6) is 0 Å². The van der Waals surface area contributed by atoms with Gasteiger partial charge >= 0.3 is 0 Å². The molecule has 2 heterocycles. The van der Waals surface area contributed by atoms with Gasteiger partial charge in [0, 0.05) is 6.42 Å². The van der Waals surface area contributed by atoms with E-state index in [1.54, 1.807) is 24.3 Å². The van der Waals surface area contributed by atoms with Crippen LogP contribution in [0.2, 0.25) is 5.02 Å². The number of benzene rings is 1. The van der Waals surface area contributed by atoms with E-state index in [4.69, 9.17) is 11.6 Å². The van der Waals surface area contributed by atoms with Gasteiger partial charge in [0.25, 0.3) is 5.91 Å². The van der Waals surface area contributed by atoms with Crippen molar-refractivity contribution in [1.29, 1.82) is 0 Å². The molecule has 1 aliphatic rings. The van der Waals surface area contributed by atoms with E-state index in [9.17, 15) is 9.59 Å². The smallest absolute Gasteiger partial charge is 0.252 e. The van der Waals surface area contributed by atoms with Gasteiger partial charge in [-0.05, 0) is 12.1 Å². The molecule has 2 N–H and O–H groups in total. The highest BCUT2D eigenvalue weighted by molar-refractivity contribution is 6.33. The van der Waals surface area contributed by atoms with E-state index in [0.717, 1.165) is 0 Å². The molecule has 7 nitrogen and oxygen atoms in total. The van der Waals surface area contributed by atoms with Gasteiger partial charge in [0.15, 0.2) is 5.82 Å². The Morgan fingerprint density at radius 2 is 2.23 bits per heavy atom. The Kier molecular flexibility index (Phi) is 3.81. The summed E-state index contributed by atoms with van der Waals surface area (Å²) in [5.41, 5.74) is 0.514. The average molecular weight is 320 g/mol. The number of carbonyl (C=O) groups is 2. The first-order valence-electron chi connectivity index (χ1n) is 6.89. The summed E-state index contributed by atoms with van der Waals surface area (Å²) in [5.74, 6) is 0.422. The summed E-state index contributed by atoms with van der Waals surface area (Å²) in [7, 11) is 0. The maximum absolute atomic E-state index is 12.1. The van der Waals surface area contributed by atoms with Crippen molar-refractivity contribution < 1.29 is 9.59 Å². The number of nitrogens with zero attached hydrogens (tertiary/aromatic N) is 3. The number of anilines is 2. The second kappa shape index (κ2) is 5.76. The monoisotopic (exact) mass is 319 g/mol. The number of carbonyl (C=O) groups excluding carboxylic acids is 2. The Morgan fingerprint density at radius 1 is 1.45 bits per heavy atom. The van der Waals surface area contributed by atoms with Gasteiger partial charge in [-0.1, -0.05) is 30.7 Å². The topological polar surface area (TPSA) is 88.9 Å². The van der Waals surface area contributed by atoms with Crippen molar-refractivity contribution in [3.63, 3.8) is 0 Å². The van der Waals surface area contributed by atoms with Crippen molar-refractivity contribution in [3.05, 3.63) is 35.1 Å². The van der Waals surface area contributed by atoms with E-state index in [1.165, 1.54) is 4.68 Å². The van der Waals surface area contributed by atoms with Crippen LogP contribution in [0.3, 0.4) is 0 Å². The van der Waals surface area contributed by atoms with Crippen molar-refractivity contribution in [1.82, 2.24) is 14.8 Å². The van der Waals surface area contributed by atoms with Crippen LogP contribution in [0, 0.1) is 0 Å². The van der Waals surface area contributed by atoms with E-state index in [1.807, 2.05) is 6.92 Å². The van der Waals surface area contributed by atoms with Gasteiger partial charge in [0.1, 0.15) is 6.04 Å². The molecule has 0 bridgehead atoms. The number of amides is 2. The van der Waals surface area contributed by atoms with Crippen LogP contribution in [0.25, 0.3) is 0 Å². The van der Waals surface area contributed by atoms with Crippen LogP contribution in [0.15, 0.2) is 24.3 Å². The van der Waals surface area contributed by atoms with Crippen LogP contribution < -0.4 is 10.6 Å². The Labute approximate surface area is 131 Å². The molecule has 1 aromatic carbocycles. The first-order valence-corrected chi connectivity index (χ1v) is 7.27. The van der Waals surface area contributed by atoms with E-state index >= 15 is 0 Å². The molecular weight excluding hydrogens is 306 g/mol. The molecule has 1 aromatic heterocycles. The summed E-state index contributed by atoms with van der Waals surface area (Å²) in [6, 6.07) is 6.24. The third-order valence-corrected chi connectivity index (χ3v) is 3.68. The second-order valence-corrected chi connectivity index (χ2v) is 5.29. The molecule has 114 valence electrons. The first-order chi connectivity index (χ1) is 10.6. The molecule has 2 amide bonds. The highest BCUT2D eigenvalue weighted by Crippen LogP contribution is 2.26. The predicted molar refractivity (Wildman–Crippen MR) is 81.8 cm³/mol. The van der Waals surface area contributed by atoms with Gasteiger partial charge in [-0.2, -0.15) is 10.1 Å². The van der Waals surface area contributed by atoms with Gasteiger partial charge in [-0.25, -0.2) is 4.68 Å². The Morgan fingerprint density at radius 3 is 2.95 bits per heavy atom. The average Bonchev–Trinajstić information content (AvgIpc) is 3.00. The first kappa shape index (κ1) is 14.5. The summed E-state index contributed by atoms with van der Waals surface area (Å²) in [6.07, 6.45) is 0.630. The lowest BCUT2D eigenvalue weighted by Gasteiger charge is -2.10. The van der Waals surface area contributed by atoms with Crippen LogP contribution in [0.1, 0.15) is 25.2 Å². The minimum Gasteiger partial charge on any atom is -0.325 e. The van der Waals surface area contributed by atoms with E-state index < -0.39 is 6.04 Å². The summed E-state index contributed by atoms with van der Waals surface area (Å²) in [4.78, 5) is 28.3. The fourth-order valence-corrected chi connectivity index (χ4v) is 2.43. The van der Waals surface area contributed by atoms with Gasteiger partial charge in [0.2, 0.25) is 11.9 Å². The zero-order valence-corrected chi connectivity index (χ0v) is 12.6. The van der Waals surface area contributed by atoms with E-state index in [2.05, 4.69) is 20.7 Å². The summed E-state index contributed by atoms with van der Waals surface area (Å²) < 4.78 is 1.47. The molecule has 8 heteroatoms. The summed E-state index contributed by atoms with van der Waals surface area (Å²) in [5, 5.41) is 10.0. The molecule has 3 rings (SSSR count). The zero-order valence-electron chi connectivity index (χ0n) is 11.8. The number of halogens is 1. The molecule has 0 saturated heterocycles. The molecule has 0 saturated carbocycles. The normalized spacial score (nSPS) is 16.3. The lowest BCUT2D eigenvalue weighted by molar-refractivity contribution is -0.123. The number of aryl methyl sites for hydroxylation is 1. The van der Waals surface area contributed by atoms with Crippen LogP contribution in [0.4, 0.5) is 11.6 Å². The van der Waals surface area contributed by atoms with Gasteiger partial charge in [-0.15, -0.1) is 0 Å². The molecule has 0 aliphatic carbocycles. The maximum Gasteiger partial charge on any atom is 0.252 e. The third kappa shape index (κ3) is 2.67. The summed E-state index contributed by atoms with van der Waals surface area (Å²) >= 11 is 6.00. The standard InChI is InChI=1S/C14H14ClN5O2/c1-2-11-17-14-18-13(22)10(20(14)19-11)7-12(21)16-9-6-4-3-5-8(9)15/h3-6,10H,2,7H2,1H3,(H,16,21)(H,17,18,19,22)/t10-/m1/s1. The lowest BCUT2D eigenvalue weighted by Crippen LogP contribution is -2.24. The van der Waals surface area contributed by atoms with Crippen molar-refractivity contribution in [2.75, 3.05) is 10.6 Å². The minimum atomic E-state index is -0.690. The van der Waals surface area contributed by atoms with Crippen molar-refractivity contribution in [2.45, 2.75) is 25.8 Å². The number of fused-ring (bicyclic) bond motifs is 1. The second-order valence-electron chi connectivity index (χ2n) is 4.89. The predicted octanol–water partition coefficient (Wildman–Crippen LogP) is 2.02. The molecule has 0 fully saturated rings. The molecule has 1 atom stereocenters. The molecule has 0 spiro atoms. The quantitative estimate of drug-likeness (QED) is 0.902. The number of hydrogen-bond donors (Lipinski definition) is 2. The molecule has 1 aliphatic heterocycles. The lowest BCUT2D eigenvalue weighted by atomic mass is 10.2. The van der Waals surface area contributed by atoms with Crippen LogP contribution in [-0.4, -0.2) is 26.6 Å². The van der Waals surface area contributed by atoms with E-state index in [-0.39, 0.29) is 18.2 Å². The van der Waals surface area contributed by atoms with Crippen LogP contribution >= 0.6 is 11.6 Å². The highest BCUT2D eigenvalue weighted by atomic mass is 35.5.